The van der Waals surface area contributed by atoms with Crippen LogP contribution in [0.2, 0.25) is 0 Å². The van der Waals surface area contributed by atoms with Crippen molar-refractivity contribution in [3.8, 4) is 5.75 Å². The fourth-order valence-corrected chi connectivity index (χ4v) is 4.17. The third kappa shape index (κ3) is 2.41. The molecule has 20 heavy (non-hydrogen) atoms. The lowest BCUT2D eigenvalue weighted by molar-refractivity contribution is -0.154. The first kappa shape index (κ1) is 14.1. The predicted octanol–water partition coefficient (Wildman–Crippen LogP) is 4.82. The lowest BCUT2D eigenvalue weighted by Crippen LogP contribution is -2.56. The molecular formula is C17H21BrO2. The van der Waals surface area contributed by atoms with Gasteiger partial charge in [-0.3, -0.25) is 4.79 Å². The second-order valence-corrected chi connectivity index (χ2v) is 7.09. The number of ether oxygens (including phenoxy) is 1. The van der Waals surface area contributed by atoms with Crippen molar-refractivity contribution < 1.29 is 9.53 Å². The summed E-state index contributed by atoms with van der Waals surface area (Å²) in [6, 6.07) is 6.13. The Bertz CT molecular complexity index is 516. The minimum Gasteiger partial charge on any atom is -0.488 e. The first-order valence-corrected chi connectivity index (χ1v) is 8.37. The number of hydrogen-bond donors (Lipinski definition) is 0. The predicted molar refractivity (Wildman–Crippen MR) is 83.1 cm³/mol. The molecule has 2 fully saturated rings. The van der Waals surface area contributed by atoms with Crippen molar-refractivity contribution in [3.05, 3.63) is 28.2 Å². The van der Waals surface area contributed by atoms with Crippen molar-refractivity contribution in [2.75, 3.05) is 0 Å². The molecule has 0 aromatic heterocycles. The first-order valence-electron chi connectivity index (χ1n) is 7.58. The van der Waals surface area contributed by atoms with Crippen LogP contribution < -0.4 is 4.74 Å². The fraction of sp³-hybridized carbons (Fsp3) is 0.588. The van der Waals surface area contributed by atoms with Gasteiger partial charge in [-0.2, -0.15) is 0 Å². The molecule has 2 aliphatic rings. The number of carbonyl (C=O) groups is 1. The molecule has 2 saturated carbocycles. The van der Waals surface area contributed by atoms with E-state index in [0.29, 0.717) is 12.2 Å². The summed E-state index contributed by atoms with van der Waals surface area (Å²) in [6.45, 7) is 2.06. The molecule has 0 aliphatic heterocycles. The Balaban J connectivity index is 1.78. The van der Waals surface area contributed by atoms with Crippen molar-refractivity contribution in [3.63, 3.8) is 0 Å². The maximum absolute atomic E-state index is 12.2. The fourth-order valence-electron chi connectivity index (χ4n) is 3.58. The van der Waals surface area contributed by atoms with Crippen LogP contribution in [0.4, 0.5) is 0 Å². The molecule has 1 aromatic carbocycles. The standard InChI is InChI=1S/C17H21BrO2/c1-12-6-7-14(13(18)10-12)20-16-11-15(19)17(16)8-4-2-3-5-9-17/h6-7,10,16H,2-5,8-9,11H2,1H3. The van der Waals surface area contributed by atoms with E-state index in [1.807, 2.05) is 6.07 Å². The van der Waals surface area contributed by atoms with Crippen LogP contribution in [0.25, 0.3) is 0 Å². The quantitative estimate of drug-likeness (QED) is 0.773. The molecule has 0 N–H and O–H groups in total. The van der Waals surface area contributed by atoms with E-state index in [1.165, 1.54) is 31.2 Å². The average molecular weight is 337 g/mol. The second-order valence-electron chi connectivity index (χ2n) is 6.24. The number of benzene rings is 1. The van der Waals surface area contributed by atoms with Crippen molar-refractivity contribution in [1.82, 2.24) is 0 Å². The lowest BCUT2D eigenvalue weighted by atomic mass is 9.60. The molecule has 0 amide bonds. The molecule has 0 bridgehead atoms. The molecule has 108 valence electrons. The maximum atomic E-state index is 12.2. The number of halogens is 1. The molecule has 1 aromatic rings. The largest absolute Gasteiger partial charge is 0.488 e. The summed E-state index contributed by atoms with van der Waals surface area (Å²) in [5.41, 5.74) is 1.03. The van der Waals surface area contributed by atoms with E-state index in [9.17, 15) is 4.79 Å². The monoisotopic (exact) mass is 336 g/mol. The van der Waals surface area contributed by atoms with Gasteiger partial charge in [0.15, 0.2) is 0 Å². The smallest absolute Gasteiger partial charge is 0.146 e. The summed E-state index contributed by atoms with van der Waals surface area (Å²) in [5.74, 6) is 1.30. The molecule has 3 heteroatoms. The summed E-state index contributed by atoms with van der Waals surface area (Å²) in [5, 5.41) is 0. The van der Waals surface area contributed by atoms with Crippen LogP contribution in [0.1, 0.15) is 50.5 Å². The molecule has 1 spiro atoms. The number of Topliss-reactive ketones (excluding diaryl/α,β-unsaturated/α-hetero) is 1. The van der Waals surface area contributed by atoms with E-state index < -0.39 is 0 Å². The topological polar surface area (TPSA) is 26.3 Å². The molecule has 2 aliphatic carbocycles. The van der Waals surface area contributed by atoms with Crippen LogP contribution in [0.3, 0.4) is 0 Å². The Labute approximate surface area is 129 Å². The molecule has 2 nitrogen and oxygen atoms in total. The maximum Gasteiger partial charge on any atom is 0.146 e. The highest BCUT2D eigenvalue weighted by Crippen LogP contribution is 2.50. The Morgan fingerprint density at radius 3 is 2.50 bits per heavy atom. The van der Waals surface area contributed by atoms with Crippen LogP contribution >= 0.6 is 15.9 Å². The molecule has 0 radical (unpaired) electrons. The lowest BCUT2D eigenvalue weighted by Gasteiger charge is -2.47. The minimum absolute atomic E-state index is 0.0760. The normalized spacial score (nSPS) is 25.1. The zero-order valence-corrected chi connectivity index (χ0v) is 13.5. The van der Waals surface area contributed by atoms with Crippen molar-refractivity contribution in [2.24, 2.45) is 5.41 Å². The van der Waals surface area contributed by atoms with Gasteiger partial charge >= 0.3 is 0 Å². The highest BCUT2D eigenvalue weighted by atomic mass is 79.9. The molecule has 0 heterocycles. The number of ketones is 1. The van der Waals surface area contributed by atoms with Crippen LogP contribution in [-0.2, 0) is 4.79 Å². The number of rotatable bonds is 2. The molecule has 3 rings (SSSR count). The molecule has 1 atom stereocenters. The average Bonchev–Trinajstić information content (AvgIpc) is 2.69. The number of carbonyl (C=O) groups excluding carboxylic acids is 1. The Kier molecular flexibility index (Phi) is 3.89. The third-order valence-electron chi connectivity index (χ3n) is 4.89. The zero-order chi connectivity index (χ0) is 14.2. The summed E-state index contributed by atoms with van der Waals surface area (Å²) in [6.07, 6.45) is 7.54. The molecule has 0 saturated heterocycles. The van der Waals surface area contributed by atoms with Crippen LogP contribution in [-0.4, -0.2) is 11.9 Å². The van der Waals surface area contributed by atoms with E-state index in [1.54, 1.807) is 0 Å². The summed E-state index contributed by atoms with van der Waals surface area (Å²) in [7, 11) is 0. The van der Waals surface area contributed by atoms with Gasteiger partial charge in [0, 0.05) is 6.42 Å². The van der Waals surface area contributed by atoms with E-state index in [-0.39, 0.29) is 11.5 Å². The minimum atomic E-state index is -0.180. The van der Waals surface area contributed by atoms with Gasteiger partial charge in [-0.15, -0.1) is 0 Å². The van der Waals surface area contributed by atoms with Gasteiger partial charge < -0.3 is 4.74 Å². The number of hydrogen-bond acceptors (Lipinski definition) is 2. The number of aryl methyl sites for hydroxylation is 1. The first-order chi connectivity index (χ1) is 9.62. The summed E-state index contributed by atoms with van der Waals surface area (Å²) < 4.78 is 7.17. The van der Waals surface area contributed by atoms with E-state index in [0.717, 1.165) is 23.1 Å². The van der Waals surface area contributed by atoms with Crippen LogP contribution in [0, 0.1) is 12.3 Å². The van der Waals surface area contributed by atoms with Gasteiger partial charge in [0.2, 0.25) is 0 Å². The SMILES string of the molecule is Cc1ccc(OC2CC(=O)C23CCCCCC3)c(Br)c1. The Morgan fingerprint density at radius 1 is 1.20 bits per heavy atom. The van der Waals surface area contributed by atoms with Crippen LogP contribution in [0.15, 0.2) is 22.7 Å². The molecule has 1 unspecified atom stereocenters. The van der Waals surface area contributed by atoms with Gasteiger partial charge in [-0.25, -0.2) is 0 Å². The van der Waals surface area contributed by atoms with Gasteiger partial charge in [0.1, 0.15) is 17.6 Å². The van der Waals surface area contributed by atoms with Gasteiger partial charge in [0.25, 0.3) is 0 Å². The summed E-state index contributed by atoms with van der Waals surface area (Å²) in [4.78, 5) is 12.2. The van der Waals surface area contributed by atoms with E-state index in [2.05, 4.69) is 35.0 Å². The second kappa shape index (κ2) is 5.51. The highest BCUT2D eigenvalue weighted by Gasteiger charge is 2.55. The van der Waals surface area contributed by atoms with Gasteiger partial charge in [0.05, 0.1) is 9.89 Å². The van der Waals surface area contributed by atoms with Gasteiger partial charge in [-0.1, -0.05) is 31.7 Å². The van der Waals surface area contributed by atoms with Crippen molar-refractivity contribution >= 4 is 21.7 Å². The third-order valence-corrected chi connectivity index (χ3v) is 5.51. The van der Waals surface area contributed by atoms with Gasteiger partial charge in [-0.05, 0) is 53.4 Å². The summed E-state index contributed by atoms with van der Waals surface area (Å²) >= 11 is 3.56. The van der Waals surface area contributed by atoms with E-state index in [4.69, 9.17) is 4.74 Å². The Morgan fingerprint density at radius 2 is 1.90 bits per heavy atom. The highest BCUT2D eigenvalue weighted by molar-refractivity contribution is 9.10. The Hall–Kier alpha value is -0.830. The van der Waals surface area contributed by atoms with Crippen LogP contribution in [0.5, 0.6) is 5.75 Å². The molecular weight excluding hydrogens is 316 g/mol. The zero-order valence-electron chi connectivity index (χ0n) is 12.0. The van der Waals surface area contributed by atoms with Crippen molar-refractivity contribution in [1.29, 1.82) is 0 Å². The van der Waals surface area contributed by atoms with E-state index >= 15 is 0 Å². The van der Waals surface area contributed by atoms with Crippen molar-refractivity contribution in [2.45, 2.75) is 58.0 Å².